The van der Waals surface area contributed by atoms with Crippen molar-refractivity contribution in [2.45, 2.75) is 32.7 Å². The number of ether oxygens (including phenoxy) is 2. The van der Waals surface area contributed by atoms with Gasteiger partial charge in [-0.1, -0.05) is 6.92 Å². The molecule has 0 fully saturated rings. The monoisotopic (exact) mass is 310 g/mol. The van der Waals surface area contributed by atoms with E-state index in [0.717, 1.165) is 0 Å². The quantitative estimate of drug-likeness (QED) is 0.548. The summed E-state index contributed by atoms with van der Waals surface area (Å²) in [5.41, 5.74) is 0. The van der Waals surface area contributed by atoms with Crippen LogP contribution in [0.1, 0.15) is 26.7 Å². The van der Waals surface area contributed by atoms with E-state index < -0.39 is 16.2 Å². The molecule has 0 aliphatic carbocycles. The number of methoxy groups -OCH3 is 2. The second kappa shape index (κ2) is 9.28. The topological polar surface area (TPSA) is 76.2 Å². The maximum Gasteiger partial charge on any atom is 0.306 e. The average molecular weight is 310 g/mol. The molecule has 0 heterocycles. The Morgan fingerprint density at radius 3 is 2.30 bits per heavy atom. The predicted octanol–water partition coefficient (Wildman–Crippen LogP) is 0.473. The molecule has 0 rings (SSSR count). The van der Waals surface area contributed by atoms with Crippen molar-refractivity contribution in [3.63, 3.8) is 0 Å². The number of nitrogens with zero attached hydrogens (tertiary/aromatic N) is 2. The van der Waals surface area contributed by atoms with Crippen molar-refractivity contribution in [2.75, 3.05) is 41.0 Å². The van der Waals surface area contributed by atoms with E-state index in [-0.39, 0.29) is 25.6 Å². The number of rotatable bonds is 10. The molecule has 0 saturated carbocycles. The fourth-order valence-electron chi connectivity index (χ4n) is 1.59. The maximum atomic E-state index is 12.5. The van der Waals surface area contributed by atoms with Crippen LogP contribution in [0.25, 0.3) is 0 Å². The van der Waals surface area contributed by atoms with Crippen LogP contribution >= 0.6 is 0 Å². The molecule has 0 aromatic carbocycles. The van der Waals surface area contributed by atoms with Gasteiger partial charge >= 0.3 is 5.97 Å². The summed E-state index contributed by atoms with van der Waals surface area (Å²) in [7, 11) is 0.658. The standard InChI is InChI=1S/C12H26N2O5S/c1-6-11(2)14(9-10-18-4)20(16,17)13(3)8-7-12(15)19-5/h11H,6-10H2,1-5H3. The van der Waals surface area contributed by atoms with Gasteiger partial charge in [-0.15, -0.1) is 0 Å². The van der Waals surface area contributed by atoms with Gasteiger partial charge in [-0.05, 0) is 13.3 Å². The van der Waals surface area contributed by atoms with Crippen LogP contribution in [0.15, 0.2) is 0 Å². The van der Waals surface area contributed by atoms with Gasteiger partial charge in [-0.2, -0.15) is 17.0 Å². The predicted molar refractivity (Wildman–Crippen MR) is 76.5 cm³/mol. The third-order valence-electron chi connectivity index (χ3n) is 3.15. The fourth-order valence-corrected chi connectivity index (χ4v) is 3.18. The molecule has 20 heavy (non-hydrogen) atoms. The lowest BCUT2D eigenvalue weighted by molar-refractivity contribution is -0.140. The average Bonchev–Trinajstić information content (AvgIpc) is 2.43. The Labute approximate surface area is 122 Å². The Balaban J connectivity index is 4.86. The van der Waals surface area contributed by atoms with Crippen molar-refractivity contribution in [3.05, 3.63) is 0 Å². The molecule has 0 spiro atoms. The summed E-state index contributed by atoms with van der Waals surface area (Å²) < 4.78 is 37.0. The SMILES string of the molecule is CCC(C)N(CCOC)S(=O)(=O)N(C)CCC(=O)OC. The zero-order valence-electron chi connectivity index (χ0n) is 13.0. The van der Waals surface area contributed by atoms with E-state index in [0.29, 0.717) is 13.0 Å². The van der Waals surface area contributed by atoms with Crippen LogP contribution in [0.2, 0.25) is 0 Å². The number of carbonyl (C=O) groups excluding carboxylic acids is 1. The van der Waals surface area contributed by atoms with Gasteiger partial charge in [-0.25, -0.2) is 0 Å². The van der Waals surface area contributed by atoms with Crippen LogP contribution in [0, 0.1) is 0 Å². The summed E-state index contributed by atoms with van der Waals surface area (Å²) in [6.07, 6.45) is 0.735. The molecule has 0 radical (unpaired) electrons. The van der Waals surface area contributed by atoms with Crippen molar-refractivity contribution in [1.29, 1.82) is 0 Å². The first-order valence-corrected chi connectivity index (χ1v) is 7.99. The molecule has 0 aromatic heterocycles. The molecule has 0 saturated heterocycles. The summed E-state index contributed by atoms with van der Waals surface area (Å²) >= 11 is 0. The summed E-state index contributed by atoms with van der Waals surface area (Å²) in [6, 6.07) is -0.129. The van der Waals surface area contributed by atoms with Gasteiger partial charge in [-0.3, -0.25) is 4.79 Å². The third-order valence-corrected chi connectivity index (χ3v) is 5.25. The van der Waals surface area contributed by atoms with E-state index in [1.54, 1.807) is 0 Å². The number of hydrogen-bond donors (Lipinski definition) is 0. The Morgan fingerprint density at radius 2 is 1.85 bits per heavy atom. The molecule has 0 aliphatic heterocycles. The molecular formula is C12H26N2O5S. The molecule has 0 amide bonds. The van der Waals surface area contributed by atoms with Crippen LogP contribution in [0.4, 0.5) is 0 Å². The van der Waals surface area contributed by atoms with Gasteiger partial charge < -0.3 is 9.47 Å². The maximum absolute atomic E-state index is 12.5. The number of carbonyl (C=O) groups is 1. The molecule has 1 atom stereocenters. The molecule has 0 aromatic rings. The highest BCUT2D eigenvalue weighted by atomic mass is 32.2. The van der Waals surface area contributed by atoms with Crippen LogP contribution in [0.3, 0.4) is 0 Å². The molecule has 0 N–H and O–H groups in total. The van der Waals surface area contributed by atoms with Crippen LogP contribution in [0.5, 0.6) is 0 Å². The summed E-state index contributed by atoms with van der Waals surface area (Å²) in [5, 5.41) is 0. The molecule has 0 aliphatic rings. The second-order valence-corrected chi connectivity index (χ2v) is 6.50. The van der Waals surface area contributed by atoms with E-state index >= 15 is 0 Å². The van der Waals surface area contributed by atoms with E-state index in [2.05, 4.69) is 4.74 Å². The Bertz CT molecular complexity index is 385. The van der Waals surface area contributed by atoms with E-state index in [1.165, 1.54) is 29.9 Å². The number of esters is 1. The minimum absolute atomic E-state index is 0.0326. The van der Waals surface area contributed by atoms with Crippen molar-refractivity contribution in [2.24, 2.45) is 0 Å². The van der Waals surface area contributed by atoms with Crippen molar-refractivity contribution < 1.29 is 22.7 Å². The third kappa shape index (κ3) is 5.74. The molecule has 120 valence electrons. The summed E-state index contributed by atoms with van der Waals surface area (Å²) in [5.74, 6) is -0.431. The smallest absolute Gasteiger partial charge is 0.306 e. The zero-order chi connectivity index (χ0) is 15.8. The van der Waals surface area contributed by atoms with E-state index in [9.17, 15) is 13.2 Å². The van der Waals surface area contributed by atoms with Gasteiger partial charge in [0.05, 0.1) is 20.1 Å². The molecule has 8 heteroatoms. The first kappa shape index (κ1) is 19.3. The lowest BCUT2D eigenvalue weighted by Crippen LogP contribution is -2.48. The van der Waals surface area contributed by atoms with Crippen LogP contribution in [-0.4, -0.2) is 70.0 Å². The lowest BCUT2D eigenvalue weighted by Gasteiger charge is -2.31. The van der Waals surface area contributed by atoms with Crippen LogP contribution < -0.4 is 0 Å². The highest BCUT2D eigenvalue weighted by Gasteiger charge is 2.30. The minimum Gasteiger partial charge on any atom is -0.469 e. The van der Waals surface area contributed by atoms with Crippen molar-refractivity contribution >= 4 is 16.2 Å². The highest BCUT2D eigenvalue weighted by Crippen LogP contribution is 2.13. The van der Waals surface area contributed by atoms with Gasteiger partial charge in [0.25, 0.3) is 10.2 Å². The Hall–Kier alpha value is -0.700. The van der Waals surface area contributed by atoms with Gasteiger partial charge in [0.2, 0.25) is 0 Å². The van der Waals surface area contributed by atoms with Gasteiger partial charge in [0.15, 0.2) is 0 Å². The van der Waals surface area contributed by atoms with E-state index in [1.807, 2.05) is 13.8 Å². The van der Waals surface area contributed by atoms with Gasteiger partial charge in [0, 0.05) is 33.3 Å². The molecule has 1 unspecified atom stereocenters. The lowest BCUT2D eigenvalue weighted by atomic mass is 10.3. The summed E-state index contributed by atoms with van der Waals surface area (Å²) in [6.45, 7) is 4.48. The zero-order valence-corrected chi connectivity index (χ0v) is 13.8. The Morgan fingerprint density at radius 1 is 1.25 bits per heavy atom. The molecule has 0 bridgehead atoms. The van der Waals surface area contributed by atoms with Gasteiger partial charge in [0.1, 0.15) is 0 Å². The normalized spacial score (nSPS) is 13.8. The summed E-state index contributed by atoms with van der Waals surface area (Å²) in [4.78, 5) is 11.1. The van der Waals surface area contributed by atoms with Crippen molar-refractivity contribution in [1.82, 2.24) is 8.61 Å². The van der Waals surface area contributed by atoms with E-state index in [4.69, 9.17) is 4.74 Å². The fraction of sp³-hybridized carbons (Fsp3) is 0.917. The van der Waals surface area contributed by atoms with Crippen LogP contribution in [-0.2, 0) is 24.5 Å². The Kier molecular flexibility index (Phi) is 8.95. The second-order valence-electron chi connectivity index (χ2n) is 4.52. The molecule has 7 nitrogen and oxygen atoms in total. The minimum atomic E-state index is -3.61. The van der Waals surface area contributed by atoms with Crippen molar-refractivity contribution in [3.8, 4) is 0 Å². The number of hydrogen-bond acceptors (Lipinski definition) is 5. The highest BCUT2D eigenvalue weighted by molar-refractivity contribution is 7.86. The first-order chi connectivity index (χ1) is 9.31. The largest absolute Gasteiger partial charge is 0.469 e. The molecular weight excluding hydrogens is 284 g/mol. The first-order valence-electron chi connectivity index (χ1n) is 6.60.